The summed E-state index contributed by atoms with van der Waals surface area (Å²) in [4.78, 5) is 0. The van der Waals surface area contributed by atoms with Crippen molar-refractivity contribution in [1.29, 1.82) is 0 Å². The van der Waals surface area contributed by atoms with E-state index in [1.54, 1.807) is 16.8 Å². The van der Waals surface area contributed by atoms with Gasteiger partial charge in [-0.1, -0.05) is 6.07 Å². The first kappa shape index (κ1) is 10.7. The second kappa shape index (κ2) is 4.35. The first-order valence-electron chi connectivity index (χ1n) is 5.02. The lowest BCUT2D eigenvalue weighted by Crippen LogP contribution is -1.99. The molecule has 0 amide bonds. The predicted octanol–water partition coefficient (Wildman–Crippen LogP) is 2.45. The molecule has 84 valence electrons. The lowest BCUT2D eigenvalue weighted by atomic mass is 10.2. The van der Waals surface area contributed by atoms with E-state index in [0.717, 1.165) is 11.3 Å². The number of rotatable bonds is 3. The molecule has 4 heteroatoms. The molecule has 0 bridgehead atoms. The predicted molar refractivity (Wildman–Crippen MR) is 58.7 cm³/mol. The van der Waals surface area contributed by atoms with Crippen LogP contribution in [0.3, 0.4) is 0 Å². The quantitative estimate of drug-likeness (QED) is 0.794. The molecule has 3 nitrogen and oxygen atoms in total. The number of nitrogens with zero attached hydrogens (tertiary/aromatic N) is 2. The summed E-state index contributed by atoms with van der Waals surface area (Å²) in [6.07, 6.45) is 1.82. The molecule has 1 aromatic carbocycles. The molecule has 2 aromatic rings. The summed E-state index contributed by atoms with van der Waals surface area (Å²) in [6, 6.07) is 6.64. The smallest absolute Gasteiger partial charge is 0.165 e. The molecule has 0 saturated carbocycles. The monoisotopic (exact) mass is 220 g/mol. The number of benzene rings is 1. The molecular formula is C12H13FN2O. The van der Waals surface area contributed by atoms with Gasteiger partial charge in [-0.2, -0.15) is 5.10 Å². The van der Waals surface area contributed by atoms with Gasteiger partial charge in [-0.15, -0.1) is 0 Å². The summed E-state index contributed by atoms with van der Waals surface area (Å²) in [5.74, 6) is -0.0767. The van der Waals surface area contributed by atoms with E-state index in [-0.39, 0.29) is 18.2 Å². The molecule has 0 saturated heterocycles. The van der Waals surface area contributed by atoms with Gasteiger partial charge in [0.1, 0.15) is 6.61 Å². The van der Waals surface area contributed by atoms with Crippen LogP contribution in [-0.2, 0) is 13.7 Å². The van der Waals surface area contributed by atoms with E-state index in [4.69, 9.17) is 4.74 Å². The van der Waals surface area contributed by atoms with E-state index < -0.39 is 0 Å². The number of halogens is 1. The van der Waals surface area contributed by atoms with Crippen LogP contribution < -0.4 is 4.74 Å². The fourth-order valence-corrected chi connectivity index (χ4v) is 1.41. The van der Waals surface area contributed by atoms with Crippen LogP contribution in [-0.4, -0.2) is 9.78 Å². The van der Waals surface area contributed by atoms with Gasteiger partial charge in [0.15, 0.2) is 11.6 Å². The highest BCUT2D eigenvalue weighted by Gasteiger charge is 2.04. The Morgan fingerprint density at radius 1 is 1.38 bits per heavy atom. The topological polar surface area (TPSA) is 27.1 Å². The summed E-state index contributed by atoms with van der Waals surface area (Å²) < 4.78 is 20.4. The molecule has 0 aliphatic carbocycles. The van der Waals surface area contributed by atoms with Crippen molar-refractivity contribution in [2.24, 2.45) is 7.05 Å². The number of hydrogen-bond acceptors (Lipinski definition) is 2. The Labute approximate surface area is 93.5 Å². The van der Waals surface area contributed by atoms with Crippen molar-refractivity contribution in [3.05, 3.63) is 47.5 Å². The lowest BCUT2D eigenvalue weighted by molar-refractivity contribution is 0.284. The maximum atomic E-state index is 13.3. The molecule has 1 heterocycles. The highest BCUT2D eigenvalue weighted by molar-refractivity contribution is 5.29. The van der Waals surface area contributed by atoms with Crippen LogP contribution in [0.4, 0.5) is 4.39 Å². The van der Waals surface area contributed by atoms with E-state index in [0.29, 0.717) is 0 Å². The van der Waals surface area contributed by atoms with Gasteiger partial charge in [0.25, 0.3) is 0 Å². The second-order valence-electron chi connectivity index (χ2n) is 3.70. The minimum absolute atomic E-state index is 0.269. The molecular weight excluding hydrogens is 207 g/mol. The van der Waals surface area contributed by atoms with E-state index in [1.165, 1.54) is 6.07 Å². The van der Waals surface area contributed by atoms with Crippen molar-refractivity contribution in [1.82, 2.24) is 9.78 Å². The van der Waals surface area contributed by atoms with Gasteiger partial charge in [0.2, 0.25) is 0 Å². The minimum atomic E-state index is -0.346. The third-order valence-corrected chi connectivity index (χ3v) is 2.23. The Morgan fingerprint density at radius 2 is 2.19 bits per heavy atom. The zero-order valence-corrected chi connectivity index (χ0v) is 9.27. The molecule has 0 aliphatic heterocycles. The largest absolute Gasteiger partial charge is 0.484 e. The van der Waals surface area contributed by atoms with Gasteiger partial charge in [-0.25, -0.2) is 4.39 Å². The van der Waals surface area contributed by atoms with Crippen LogP contribution >= 0.6 is 0 Å². The summed E-state index contributed by atoms with van der Waals surface area (Å²) in [6.45, 7) is 2.17. The molecule has 2 rings (SSSR count). The zero-order chi connectivity index (χ0) is 11.5. The van der Waals surface area contributed by atoms with Crippen LogP contribution in [0.5, 0.6) is 5.75 Å². The Bertz CT molecular complexity index is 494. The molecule has 0 aliphatic rings. The van der Waals surface area contributed by atoms with Gasteiger partial charge in [0.05, 0.1) is 5.69 Å². The summed E-state index contributed by atoms with van der Waals surface area (Å²) in [7, 11) is 1.83. The highest BCUT2D eigenvalue weighted by Crippen LogP contribution is 2.19. The fraction of sp³-hybridized carbons (Fsp3) is 0.250. The second-order valence-corrected chi connectivity index (χ2v) is 3.70. The molecule has 0 spiro atoms. The number of aryl methyl sites for hydroxylation is 2. The molecule has 0 N–H and O–H groups in total. The maximum Gasteiger partial charge on any atom is 0.165 e. The van der Waals surface area contributed by atoms with Crippen molar-refractivity contribution < 1.29 is 9.13 Å². The van der Waals surface area contributed by atoms with Crippen LogP contribution in [0.15, 0.2) is 30.5 Å². The molecule has 16 heavy (non-hydrogen) atoms. The first-order valence-corrected chi connectivity index (χ1v) is 5.02. The standard InChI is InChI=1S/C12H13FN2O/c1-9-3-4-11(13)12(7-9)16-8-10-5-6-15(2)14-10/h3-7H,8H2,1-2H3. The van der Waals surface area contributed by atoms with Crippen LogP contribution in [0.25, 0.3) is 0 Å². The SMILES string of the molecule is Cc1ccc(F)c(OCc2ccn(C)n2)c1. The van der Waals surface area contributed by atoms with E-state index in [9.17, 15) is 4.39 Å². The third-order valence-electron chi connectivity index (χ3n) is 2.23. The van der Waals surface area contributed by atoms with Gasteiger partial charge in [-0.05, 0) is 30.7 Å². The number of aromatic nitrogens is 2. The molecule has 0 radical (unpaired) electrons. The fourth-order valence-electron chi connectivity index (χ4n) is 1.41. The van der Waals surface area contributed by atoms with Gasteiger partial charge < -0.3 is 4.74 Å². The van der Waals surface area contributed by atoms with Crippen molar-refractivity contribution in [3.63, 3.8) is 0 Å². The number of ether oxygens (including phenoxy) is 1. The average Bonchev–Trinajstić information content (AvgIpc) is 2.66. The summed E-state index contributed by atoms with van der Waals surface area (Å²) >= 11 is 0. The third kappa shape index (κ3) is 2.39. The first-order chi connectivity index (χ1) is 7.65. The maximum absolute atomic E-state index is 13.3. The van der Waals surface area contributed by atoms with Gasteiger partial charge in [0, 0.05) is 13.2 Å². The summed E-state index contributed by atoms with van der Waals surface area (Å²) in [5, 5.41) is 4.15. The molecule has 0 unspecified atom stereocenters. The molecule has 1 aromatic heterocycles. The van der Waals surface area contributed by atoms with Crippen molar-refractivity contribution in [2.45, 2.75) is 13.5 Å². The number of hydrogen-bond donors (Lipinski definition) is 0. The van der Waals surface area contributed by atoms with Crippen LogP contribution in [0.2, 0.25) is 0 Å². The zero-order valence-electron chi connectivity index (χ0n) is 9.27. The van der Waals surface area contributed by atoms with Crippen LogP contribution in [0.1, 0.15) is 11.3 Å². The van der Waals surface area contributed by atoms with Crippen molar-refractivity contribution in [3.8, 4) is 5.75 Å². The van der Waals surface area contributed by atoms with Crippen molar-refractivity contribution >= 4 is 0 Å². The van der Waals surface area contributed by atoms with Crippen molar-refractivity contribution in [2.75, 3.05) is 0 Å². The van der Waals surface area contributed by atoms with E-state index >= 15 is 0 Å². The Kier molecular flexibility index (Phi) is 2.90. The molecule has 0 fully saturated rings. The van der Waals surface area contributed by atoms with Crippen LogP contribution in [0, 0.1) is 12.7 Å². The van der Waals surface area contributed by atoms with E-state index in [1.807, 2.05) is 26.2 Å². The van der Waals surface area contributed by atoms with E-state index in [2.05, 4.69) is 5.10 Å². The lowest BCUT2D eigenvalue weighted by Gasteiger charge is -2.06. The Morgan fingerprint density at radius 3 is 2.88 bits per heavy atom. The normalized spacial score (nSPS) is 10.4. The Balaban J connectivity index is 2.07. The minimum Gasteiger partial charge on any atom is -0.484 e. The highest BCUT2D eigenvalue weighted by atomic mass is 19.1. The summed E-state index contributed by atoms with van der Waals surface area (Å²) in [5.41, 5.74) is 1.75. The molecule has 0 atom stereocenters. The van der Waals surface area contributed by atoms with Gasteiger partial charge >= 0.3 is 0 Å². The average molecular weight is 220 g/mol. The Hall–Kier alpha value is -1.84. The van der Waals surface area contributed by atoms with Gasteiger partial charge in [-0.3, -0.25) is 4.68 Å².